The Balaban J connectivity index is 1.62. The third-order valence-electron chi connectivity index (χ3n) is 6.63. The van der Waals surface area contributed by atoms with E-state index in [1.807, 2.05) is 36.5 Å². The van der Waals surface area contributed by atoms with Crippen LogP contribution in [0.5, 0.6) is 0 Å². The van der Waals surface area contributed by atoms with Crippen LogP contribution >= 0.6 is 0 Å². The summed E-state index contributed by atoms with van der Waals surface area (Å²) in [4.78, 5) is 35.9. The first-order valence-corrected chi connectivity index (χ1v) is 11.6. The van der Waals surface area contributed by atoms with Crippen LogP contribution in [0.4, 0.5) is 0 Å². The monoisotopic (exact) mass is 432 g/mol. The number of amides is 1. The molecule has 156 valence electrons. The minimum absolute atomic E-state index is 0.176. The second kappa shape index (κ2) is 6.37. The first-order chi connectivity index (χ1) is 15.0. The number of para-hydroxylation sites is 2. The Morgan fingerprint density at radius 3 is 2.71 bits per heavy atom. The van der Waals surface area contributed by atoms with E-state index < -0.39 is 21.7 Å². The molecule has 1 N–H and O–H groups in total. The van der Waals surface area contributed by atoms with Crippen molar-refractivity contribution in [3.05, 3.63) is 76.5 Å². The van der Waals surface area contributed by atoms with Crippen LogP contribution in [-0.4, -0.2) is 41.8 Å². The lowest BCUT2D eigenvalue weighted by molar-refractivity contribution is -0.140. The summed E-state index contributed by atoms with van der Waals surface area (Å²) in [5.74, 6) is 0.617. The van der Waals surface area contributed by atoms with Crippen molar-refractivity contribution in [2.45, 2.75) is 24.3 Å². The molecule has 4 heterocycles. The number of nitrogens with one attached hydrogen (secondary N) is 1. The maximum Gasteiger partial charge on any atom is 0.262 e. The number of aromatic amines is 1. The molecule has 1 saturated heterocycles. The molecule has 0 saturated carbocycles. The fourth-order valence-electron chi connectivity index (χ4n) is 4.99. The molecule has 1 fully saturated rings. The lowest BCUT2D eigenvalue weighted by Crippen LogP contribution is -2.57. The summed E-state index contributed by atoms with van der Waals surface area (Å²) in [5.41, 5.74) is 2.24. The van der Waals surface area contributed by atoms with Gasteiger partial charge in [0.25, 0.3) is 5.56 Å². The average Bonchev–Trinajstić information content (AvgIpc) is 3.33. The highest BCUT2D eigenvalue weighted by Gasteiger charge is 2.56. The minimum Gasteiger partial charge on any atom is -0.361 e. The molecule has 3 atom stereocenters. The predicted molar refractivity (Wildman–Crippen MR) is 119 cm³/mol. The number of hydrogen-bond acceptors (Lipinski definition) is 4. The molecule has 1 unspecified atom stereocenters. The van der Waals surface area contributed by atoms with Crippen LogP contribution in [0.15, 0.2) is 59.5 Å². The molecule has 0 bridgehead atoms. The van der Waals surface area contributed by atoms with Gasteiger partial charge in [-0.3, -0.25) is 18.4 Å². The van der Waals surface area contributed by atoms with Crippen LogP contribution in [0.2, 0.25) is 0 Å². The molecule has 31 heavy (non-hydrogen) atoms. The highest BCUT2D eigenvalue weighted by molar-refractivity contribution is 7.86. The number of aromatic nitrogens is 3. The molecule has 6 rings (SSSR count). The van der Waals surface area contributed by atoms with E-state index in [9.17, 15) is 13.8 Å². The van der Waals surface area contributed by atoms with Gasteiger partial charge in [-0.1, -0.05) is 30.3 Å². The van der Waals surface area contributed by atoms with Crippen LogP contribution in [0.3, 0.4) is 0 Å². The summed E-state index contributed by atoms with van der Waals surface area (Å²) in [6, 6.07) is 14.3. The van der Waals surface area contributed by atoms with E-state index in [1.165, 1.54) is 4.57 Å². The Kier molecular flexibility index (Phi) is 3.80. The molecule has 2 aliphatic heterocycles. The van der Waals surface area contributed by atoms with Crippen molar-refractivity contribution in [1.29, 1.82) is 0 Å². The number of carbonyl (C=O) groups excluding carboxylic acids is 1. The molecule has 8 heteroatoms. The maximum atomic E-state index is 13.7. The van der Waals surface area contributed by atoms with Crippen LogP contribution in [0.25, 0.3) is 21.8 Å². The predicted octanol–water partition coefficient (Wildman–Crippen LogP) is 2.44. The van der Waals surface area contributed by atoms with E-state index >= 15 is 0 Å². The molecular formula is C23H20N4O3S. The first kappa shape index (κ1) is 18.5. The molecule has 0 radical (unpaired) electrons. The van der Waals surface area contributed by atoms with Crippen molar-refractivity contribution < 1.29 is 9.00 Å². The Labute approximate surface area is 180 Å². The molecule has 0 spiro atoms. The van der Waals surface area contributed by atoms with E-state index in [4.69, 9.17) is 4.98 Å². The van der Waals surface area contributed by atoms with Gasteiger partial charge in [0, 0.05) is 35.8 Å². The standard InChI is InChI=1S/C23H20N4O3S/c1-23-22-25-18-9-5-3-7-16(18)20(28)27(22)19(21(29)26(23)10-11-31(23)30)12-14-13-24-17-8-4-2-6-15(14)17/h2-9,13,19,24H,10-12H2,1H3/t19-,23+,31?/m1/s1. The van der Waals surface area contributed by atoms with E-state index in [2.05, 4.69) is 4.98 Å². The Bertz CT molecular complexity index is 1470. The molecule has 2 aromatic carbocycles. The molecular weight excluding hydrogens is 412 g/mol. The van der Waals surface area contributed by atoms with E-state index in [0.29, 0.717) is 35.4 Å². The van der Waals surface area contributed by atoms with Crippen molar-refractivity contribution in [1.82, 2.24) is 19.4 Å². The fraction of sp³-hybridized carbons (Fsp3) is 0.261. The van der Waals surface area contributed by atoms with Gasteiger partial charge in [-0.25, -0.2) is 4.98 Å². The quantitative estimate of drug-likeness (QED) is 0.527. The number of carbonyl (C=O) groups is 1. The highest BCUT2D eigenvalue weighted by atomic mass is 32.2. The summed E-state index contributed by atoms with van der Waals surface area (Å²) in [7, 11) is -1.34. The molecule has 7 nitrogen and oxygen atoms in total. The Morgan fingerprint density at radius 2 is 1.87 bits per heavy atom. The second-order valence-corrected chi connectivity index (χ2v) is 10.1. The lowest BCUT2D eigenvalue weighted by atomic mass is 9.99. The number of fused-ring (bicyclic) bond motifs is 5. The van der Waals surface area contributed by atoms with E-state index in [-0.39, 0.29) is 11.5 Å². The zero-order valence-corrected chi connectivity index (χ0v) is 17.7. The zero-order chi connectivity index (χ0) is 21.3. The summed E-state index contributed by atoms with van der Waals surface area (Å²) < 4.78 is 14.5. The van der Waals surface area contributed by atoms with Gasteiger partial charge in [0.2, 0.25) is 5.91 Å². The van der Waals surface area contributed by atoms with Crippen molar-refractivity contribution >= 4 is 38.5 Å². The first-order valence-electron chi connectivity index (χ1n) is 10.3. The van der Waals surface area contributed by atoms with E-state index in [1.54, 1.807) is 30.0 Å². The normalized spacial score (nSPS) is 25.2. The molecule has 0 aliphatic carbocycles. The van der Waals surface area contributed by atoms with Crippen molar-refractivity contribution in [3.63, 3.8) is 0 Å². The van der Waals surface area contributed by atoms with Gasteiger partial charge in [-0.05, 0) is 30.7 Å². The number of hydrogen-bond donors (Lipinski definition) is 1. The number of nitrogens with zero attached hydrogens (tertiary/aromatic N) is 3. The number of benzene rings is 2. The Morgan fingerprint density at radius 1 is 1.13 bits per heavy atom. The fourth-order valence-corrected chi connectivity index (χ4v) is 6.51. The van der Waals surface area contributed by atoms with Gasteiger partial charge in [-0.15, -0.1) is 0 Å². The Hall–Kier alpha value is -3.26. The van der Waals surface area contributed by atoms with Gasteiger partial charge < -0.3 is 9.88 Å². The highest BCUT2D eigenvalue weighted by Crippen LogP contribution is 2.42. The zero-order valence-electron chi connectivity index (χ0n) is 16.9. The third kappa shape index (κ3) is 2.39. The third-order valence-corrected chi connectivity index (χ3v) is 8.48. The molecule has 1 amide bonds. The average molecular weight is 433 g/mol. The van der Waals surface area contributed by atoms with E-state index in [0.717, 1.165) is 16.5 Å². The molecule has 4 aromatic rings. The number of H-pyrrole nitrogens is 1. The number of rotatable bonds is 2. The van der Waals surface area contributed by atoms with Gasteiger partial charge in [0.15, 0.2) is 10.7 Å². The van der Waals surface area contributed by atoms with Crippen LogP contribution in [0.1, 0.15) is 24.4 Å². The largest absolute Gasteiger partial charge is 0.361 e. The summed E-state index contributed by atoms with van der Waals surface area (Å²) in [6.07, 6.45) is 2.25. The summed E-state index contributed by atoms with van der Waals surface area (Å²) >= 11 is 0. The van der Waals surface area contributed by atoms with Gasteiger partial charge in [0.1, 0.15) is 6.04 Å². The van der Waals surface area contributed by atoms with Crippen molar-refractivity contribution in [2.75, 3.05) is 12.3 Å². The molecule has 2 aromatic heterocycles. The SMILES string of the molecule is C[C@]12c3nc4ccccc4c(=O)n3[C@H](Cc3c[nH]c4ccccc34)C(=O)N1CCS2=O. The molecule has 2 aliphatic rings. The smallest absolute Gasteiger partial charge is 0.262 e. The van der Waals surface area contributed by atoms with Crippen molar-refractivity contribution in [3.8, 4) is 0 Å². The van der Waals surface area contributed by atoms with Crippen molar-refractivity contribution in [2.24, 2.45) is 0 Å². The van der Waals surface area contributed by atoms with Crippen LogP contribution < -0.4 is 5.56 Å². The van der Waals surface area contributed by atoms with Crippen LogP contribution in [0, 0.1) is 0 Å². The minimum atomic E-state index is -1.34. The van der Waals surface area contributed by atoms with Gasteiger partial charge in [-0.2, -0.15) is 0 Å². The maximum absolute atomic E-state index is 13.7. The summed E-state index contributed by atoms with van der Waals surface area (Å²) in [5, 5.41) is 1.49. The second-order valence-electron chi connectivity index (χ2n) is 8.23. The lowest BCUT2D eigenvalue weighted by Gasteiger charge is -2.42. The van der Waals surface area contributed by atoms with Gasteiger partial charge in [0.05, 0.1) is 21.7 Å². The topological polar surface area (TPSA) is 88.1 Å². The summed E-state index contributed by atoms with van der Waals surface area (Å²) in [6.45, 7) is 2.16. The van der Waals surface area contributed by atoms with Gasteiger partial charge >= 0.3 is 0 Å². The van der Waals surface area contributed by atoms with Crippen LogP contribution in [-0.2, 0) is 26.9 Å².